The highest BCUT2D eigenvalue weighted by Crippen LogP contribution is 2.22. The normalized spacial score (nSPS) is 10.9. The number of fused-ring (bicyclic) bond motifs is 1. The number of aromatic nitrogens is 2. The van der Waals surface area contributed by atoms with Gasteiger partial charge in [0.15, 0.2) is 11.5 Å². The zero-order valence-electron chi connectivity index (χ0n) is 10.7. The molecule has 0 unspecified atom stereocenters. The minimum Gasteiger partial charge on any atom is -0.441 e. The topological polar surface area (TPSA) is 51.0 Å². The van der Waals surface area contributed by atoms with Gasteiger partial charge in [-0.05, 0) is 56.1 Å². The number of rotatable bonds is 3. The zero-order chi connectivity index (χ0) is 14.1. The molecule has 0 fully saturated rings. The molecular weight excluding hydrogens is 386 g/mol. The Labute approximate surface area is 132 Å². The van der Waals surface area contributed by atoms with Gasteiger partial charge in [-0.15, -0.1) is 0 Å². The standard InChI is InChI=1S/C14H11Br2N3O/c1-8-19-12-5-10(2-3-14(12)20-8)17-7-13-11(16)4-9(15)6-18-13/h2-6,17H,7H2,1H3. The third kappa shape index (κ3) is 2.86. The number of benzene rings is 1. The van der Waals surface area contributed by atoms with Gasteiger partial charge in [0.1, 0.15) is 5.52 Å². The fraction of sp³-hybridized carbons (Fsp3) is 0.143. The molecule has 0 atom stereocenters. The third-order valence-corrected chi connectivity index (χ3v) is 3.96. The molecule has 1 aromatic carbocycles. The van der Waals surface area contributed by atoms with E-state index in [0.717, 1.165) is 31.4 Å². The molecule has 0 amide bonds. The minimum absolute atomic E-state index is 0.635. The number of oxazole rings is 1. The predicted molar refractivity (Wildman–Crippen MR) is 85.7 cm³/mol. The molecule has 102 valence electrons. The molecule has 0 bridgehead atoms. The second-order valence-corrected chi connectivity index (χ2v) is 6.12. The lowest BCUT2D eigenvalue weighted by Crippen LogP contribution is -2.02. The first-order chi connectivity index (χ1) is 9.61. The van der Waals surface area contributed by atoms with Gasteiger partial charge in [-0.1, -0.05) is 0 Å². The third-order valence-electron chi connectivity index (χ3n) is 2.84. The van der Waals surface area contributed by atoms with E-state index in [1.807, 2.05) is 31.2 Å². The van der Waals surface area contributed by atoms with Gasteiger partial charge >= 0.3 is 0 Å². The van der Waals surface area contributed by atoms with Crippen molar-refractivity contribution in [1.82, 2.24) is 9.97 Å². The molecule has 0 saturated carbocycles. The van der Waals surface area contributed by atoms with Crippen LogP contribution in [0.25, 0.3) is 11.1 Å². The number of nitrogens with zero attached hydrogens (tertiary/aromatic N) is 2. The summed E-state index contributed by atoms with van der Waals surface area (Å²) in [4.78, 5) is 8.69. The monoisotopic (exact) mass is 395 g/mol. The minimum atomic E-state index is 0.635. The van der Waals surface area contributed by atoms with Crippen molar-refractivity contribution in [2.75, 3.05) is 5.32 Å². The number of anilines is 1. The number of aryl methyl sites for hydroxylation is 1. The summed E-state index contributed by atoms with van der Waals surface area (Å²) in [7, 11) is 0. The molecule has 3 aromatic rings. The highest BCUT2D eigenvalue weighted by Gasteiger charge is 2.05. The smallest absolute Gasteiger partial charge is 0.192 e. The van der Waals surface area contributed by atoms with E-state index in [1.54, 1.807) is 6.20 Å². The zero-order valence-corrected chi connectivity index (χ0v) is 13.8. The highest BCUT2D eigenvalue weighted by atomic mass is 79.9. The Morgan fingerprint density at radius 2 is 2.10 bits per heavy atom. The van der Waals surface area contributed by atoms with Crippen molar-refractivity contribution in [3.8, 4) is 0 Å². The Hall–Kier alpha value is -1.40. The van der Waals surface area contributed by atoms with Crippen LogP contribution in [0.1, 0.15) is 11.6 Å². The molecular formula is C14H11Br2N3O. The SMILES string of the molecule is Cc1nc2cc(NCc3ncc(Br)cc3Br)ccc2o1. The molecule has 0 aliphatic carbocycles. The number of pyridine rings is 1. The van der Waals surface area contributed by atoms with Crippen LogP contribution in [0.3, 0.4) is 0 Å². The van der Waals surface area contributed by atoms with Crippen LogP contribution in [0.2, 0.25) is 0 Å². The fourth-order valence-corrected chi connectivity index (χ4v) is 3.04. The van der Waals surface area contributed by atoms with Gasteiger partial charge in [-0.25, -0.2) is 4.98 Å². The van der Waals surface area contributed by atoms with Crippen LogP contribution in [0.4, 0.5) is 5.69 Å². The Kier molecular flexibility index (Phi) is 3.76. The van der Waals surface area contributed by atoms with Crippen molar-refractivity contribution in [3.05, 3.63) is 51.0 Å². The van der Waals surface area contributed by atoms with Crippen molar-refractivity contribution in [2.45, 2.75) is 13.5 Å². The van der Waals surface area contributed by atoms with E-state index < -0.39 is 0 Å². The number of nitrogens with one attached hydrogen (secondary N) is 1. The van der Waals surface area contributed by atoms with Crippen LogP contribution in [0.15, 0.2) is 43.8 Å². The Morgan fingerprint density at radius 1 is 1.25 bits per heavy atom. The van der Waals surface area contributed by atoms with Crippen LogP contribution in [0, 0.1) is 6.92 Å². The molecule has 0 spiro atoms. The molecule has 2 aromatic heterocycles. The van der Waals surface area contributed by atoms with Crippen molar-refractivity contribution in [3.63, 3.8) is 0 Å². The van der Waals surface area contributed by atoms with Crippen molar-refractivity contribution >= 4 is 48.6 Å². The maximum absolute atomic E-state index is 5.45. The second kappa shape index (κ2) is 5.54. The van der Waals surface area contributed by atoms with Crippen molar-refractivity contribution in [2.24, 2.45) is 0 Å². The summed E-state index contributed by atoms with van der Waals surface area (Å²) < 4.78 is 7.38. The summed E-state index contributed by atoms with van der Waals surface area (Å²) in [6, 6.07) is 7.84. The van der Waals surface area contributed by atoms with E-state index in [9.17, 15) is 0 Å². The molecule has 20 heavy (non-hydrogen) atoms. The van der Waals surface area contributed by atoms with Gasteiger partial charge in [0.2, 0.25) is 0 Å². The Morgan fingerprint density at radius 3 is 2.90 bits per heavy atom. The summed E-state index contributed by atoms with van der Waals surface area (Å²) in [6.45, 7) is 2.48. The lowest BCUT2D eigenvalue weighted by atomic mass is 10.2. The summed E-state index contributed by atoms with van der Waals surface area (Å²) in [5, 5.41) is 3.33. The van der Waals surface area contributed by atoms with E-state index in [0.29, 0.717) is 12.4 Å². The number of halogens is 2. The van der Waals surface area contributed by atoms with Crippen LogP contribution < -0.4 is 5.32 Å². The van der Waals surface area contributed by atoms with Crippen LogP contribution in [0.5, 0.6) is 0 Å². The first-order valence-electron chi connectivity index (χ1n) is 6.03. The number of hydrogen-bond donors (Lipinski definition) is 1. The maximum Gasteiger partial charge on any atom is 0.192 e. The summed E-state index contributed by atoms with van der Waals surface area (Å²) >= 11 is 6.89. The fourth-order valence-electron chi connectivity index (χ4n) is 1.91. The van der Waals surface area contributed by atoms with E-state index in [2.05, 4.69) is 47.1 Å². The van der Waals surface area contributed by atoms with Gasteiger partial charge in [0, 0.05) is 27.8 Å². The average molecular weight is 397 g/mol. The number of hydrogen-bond acceptors (Lipinski definition) is 4. The lowest BCUT2D eigenvalue weighted by molar-refractivity contribution is 0.561. The van der Waals surface area contributed by atoms with E-state index in [4.69, 9.17) is 4.42 Å². The first kappa shape index (κ1) is 13.6. The molecule has 6 heteroatoms. The Balaban J connectivity index is 1.79. The molecule has 2 heterocycles. The molecule has 0 radical (unpaired) electrons. The summed E-state index contributed by atoms with van der Waals surface area (Å²) in [5.74, 6) is 0.675. The highest BCUT2D eigenvalue weighted by molar-refractivity contribution is 9.11. The Bertz CT molecular complexity index is 770. The van der Waals surface area contributed by atoms with Gasteiger partial charge < -0.3 is 9.73 Å². The second-order valence-electron chi connectivity index (χ2n) is 4.35. The molecule has 0 aliphatic heterocycles. The molecule has 4 nitrogen and oxygen atoms in total. The quantitative estimate of drug-likeness (QED) is 0.698. The average Bonchev–Trinajstić information content (AvgIpc) is 2.77. The lowest BCUT2D eigenvalue weighted by Gasteiger charge is -2.07. The summed E-state index contributed by atoms with van der Waals surface area (Å²) in [5.41, 5.74) is 3.60. The van der Waals surface area contributed by atoms with Crippen LogP contribution >= 0.6 is 31.9 Å². The van der Waals surface area contributed by atoms with Gasteiger partial charge in [-0.2, -0.15) is 0 Å². The molecule has 0 saturated heterocycles. The van der Waals surface area contributed by atoms with Crippen LogP contribution in [-0.4, -0.2) is 9.97 Å². The van der Waals surface area contributed by atoms with E-state index >= 15 is 0 Å². The van der Waals surface area contributed by atoms with Gasteiger partial charge in [-0.3, -0.25) is 4.98 Å². The van der Waals surface area contributed by atoms with Crippen molar-refractivity contribution < 1.29 is 4.42 Å². The van der Waals surface area contributed by atoms with Gasteiger partial charge in [0.05, 0.1) is 12.2 Å². The van der Waals surface area contributed by atoms with E-state index in [-0.39, 0.29) is 0 Å². The maximum atomic E-state index is 5.45. The molecule has 3 rings (SSSR count). The van der Waals surface area contributed by atoms with Gasteiger partial charge in [0.25, 0.3) is 0 Å². The summed E-state index contributed by atoms with van der Waals surface area (Å²) in [6.07, 6.45) is 1.78. The van der Waals surface area contributed by atoms with Crippen molar-refractivity contribution in [1.29, 1.82) is 0 Å². The molecule has 0 aliphatic rings. The first-order valence-corrected chi connectivity index (χ1v) is 7.61. The predicted octanol–water partition coefficient (Wildman–Crippen LogP) is 4.67. The largest absolute Gasteiger partial charge is 0.441 e. The molecule has 1 N–H and O–H groups in total. The van der Waals surface area contributed by atoms with Crippen LogP contribution in [-0.2, 0) is 6.54 Å². The van der Waals surface area contributed by atoms with E-state index in [1.165, 1.54) is 0 Å².